The number of nitriles is 1. The number of benzene rings is 2. The Morgan fingerprint density at radius 3 is 2.83 bits per heavy atom. The van der Waals surface area contributed by atoms with Crippen molar-refractivity contribution in [3.63, 3.8) is 0 Å². The van der Waals surface area contributed by atoms with Crippen LogP contribution in [0.5, 0.6) is 5.75 Å². The van der Waals surface area contributed by atoms with Gasteiger partial charge in [-0.25, -0.2) is 4.98 Å². The predicted octanol–water partition coefficient (Wildman–Crippen LogP) is 2.87. The molecule has 0 bridgehead atoms. The maximum Gasteiger partial charge on any atom is 0.270 e. The number of ether oxygens (including phenoxy) is 1. The molecule has 0 spiro atoms. The predicted molar refractivity (Wildman–Crippen MR) is 83.2 cm³/mol. The largest absolute Gasteiger partial charge is 0.496 e. The van der Waals surface area contributed by atoms with Gasteiger partial charge in [-0.2, -0.15) is 5.26 Å². The molecule has 0 unspecified atom stereocenters. The van der Waals surface area contributed by atoms with Crippen LogP contribution in [-0.4, -0.2) is 21.6 Å². The second kappa shape index (κ2) is 5.77. The lowest BCUT2D eigenvalue weighted by Crippen LogP contribution is -2.05. The maximum absolute atomic E-state index is 11.0. The molecule has 1 aromatic heterocycles. The van der Waals surface area contributed by atoms with E-state index in [1.165, 1.54) is 19.2 Å². The minimum absolute atomic E-state index is 0.0243. The van der Waals surface area contributed by atoms with Crippen LogP contribution in [0.4, 0.5) is 5.69 Å². The van der Waals surface area contributed by atoms with Gasteiger partial charge in [-0.05, 0) is 18.2 Å². The first-order valence-corrected chi connectivity index (χ1v) is 6.80. The lowest BCUT2D eigenvalue weighted by atomic mass is 10.1. The molecule has 0 atom stereocenters. The molecule has 0 radical (unpaired) electrons. The molecule has 0 amide bonds. The van der Waals surface area contributed by atoms with E-state index >= 15 is 0 Å². The van der Waals surface area contributed by atoms with Crippen LogP contribution in [0, 0.1) is 21.4 Å². The summed E-state index contributed by atoms with van der Waals surface area (Å²) in [6, 6.07) is 13.8. The quantitative estimate of drug-likeness (QED) is 0.545. The summed E-state index contributed by atoms with van der Waals surface area (Å²) in [5.41, 5.74) is 2.08. The van der Waals surface area contributed by atoms with Crippen molar-refractivity contribution in [3.05, 3.63) is 64.0 Å². The molecule has 0 N–H and O–H groups in total. The number of nitro groups is 1. The minimum atomic E-state index is -0.458. The number of para-hydroxylation sites is 2. The average molecular weight is 308 g/mol. The van der Waals surface area contributed by atoms with Gasteiger partial charge in [0.1, 0.15) is 11.8 Å². The van der Waals surface area contributed by atoms with E-state index in [1.807, 2.05) is 24.3 Å². The summed E-state index contributed by atoms with van der Waals surface area (Å²) in [7, 11) is 1.50. The summed E-state index contributed by atoms with van der Waals surface area (Å²) in [4.78, 5) is 14.8. The number of fused-ring (bicyclic) bond motifs is 1. The normalized spacial score (nSPS) is 10.4. The van der Waals surface area contributed by atoms with Gasteiger partial charge in [0.15, 0.2) is 0 Å². The lowest BCUT2D eigenvalue weighted by molar-refractivity contribution is -0.384. The number of nitro benzene ring substituents is 1. The van der Waals surface area contributed by atoms with E-state index in [9.17, 15) is 15.4 Å². The molecular formula is C16H12N4O3. The summed E-state index contributed by atoms with van der Waals surface area (Å²) in [5, 5.41) is 20.3. The summed E-state index contributed by atoms with van der Waals surface area (Å²) < 4.78 is 6.99. The average Bonchev–Trinajstić information content (AvgIpc) is 2.92. The first-order chi connectivity index (χ1) is 11.1. The third-order valence-corrected chi connectivity index (χ3v) is 3.56. The summed E-state index contributed by atoms with van der Waals surface area (Å²) in [6.07, 6.45) is 0. The number of aromatic nitrogens is 2. The van der Waals surface area contributed by atoms with E-state index in [-0.39, 0.29) is 18.1 Å². The molecule has 0 saturated carbocycles. The Bertz CT molecular complexity index is 940. The molecule has 7 heteroatoms. The molecule has 0 aliphatic rings. The number of imidazole rings is 1. The van der Waals surface area contributed by atoms with E-state index < -0.39 is 4.92 Å². The van der Waals surface area contributed by atoms with Crippen LogP contribution in [0.3, 0.4) is 0 Å². The fourth-order valence-electron chi connectivity index (χ4n) is 2.49. The maximum atomic E-state index is 11.0. The Hall–Kier alpha value is -3.40. The highest BCUT2D eigenvalue weighted by Gasteiger charge is 2.15. The first-order valence-electron chi connectivity index (χ1n) is 6.80. The second-order valence-electron chi connectivity index (χ2n) is 4.88. The van der Waals surface area contributed by atoms with Gasteiger partial charge in [0, 0.05) is 17.7 Å². The number of methoxy groups -OCH3 is 1. The summed E-state index contributed by atoms with van der Waals surface area (Å²) >= 11 is 0. The van der Waals surface area contributed by atoms with E-state index in [2.05, 4.69) is 11.1 Å². The Labute approximate surface area is 131 Å². The fourth-order valence-corrected chi connectivity index (χ4v) is 2.49. The van der Waals surface area contributed by atoms with Crippen LogP contribution < -0.4 is 4.74 Å². The zero-order valence-electron chi connectivity index (χ0n) is 12.3. The molecule has 0 saturated heterocycles. The zero-order chi connectivity index (χ0) is 16.4. The topological polar surface area (TPSA) is 94.0 Å². The van der Waals surface area contributed by atoms with E-state index in [1.54, 1.807) is 10.6 Å². The van der Waals surface area contributed by atoms with Gasteiger partial charge in [0.25, 0.3) is 5.69 Å². The number of hydrogen-bond acceptors (Lipinski definition) is 5. The van der Waals surface area contributed by atoms with E-state index in [0.29, 0.717) is 16.8 Å². The van der Waals surface area contributed by atoms with Gasteiger partial charge in [-0.3, -0.25) is 10.1 Å². The Morgan fingerprint density at radius 1 is 1.35 bits per heavy atom. The third kappa shape index (κ3) is 2.58. The Morgan fingerprint density at radius 2 is 2.13 bits per heavy atom. The van der Waals surface area contributed by atoms with Crippen molar-refractivity contribution < 1.29 is 9.66 Å². The molecule has 2 aromatic carbocycles. The Kier molecular flexibility index (Phi) is 3.65. The van der Waals surface area contributed by atoms with Gasteiger partial charge in [-0.1, -0.05) is 12.1 Å². The number of hydrogen-bond donors (Lipinski definition) is 0. The molecule has 3 aromatic rings. The van der Waals surface area contributed by atoms with Crippen LogP contribution in [0.25, 0.3) is 11.0 Å². The molecule has 7 nitrogen and oxygen atoms in total. The molecule has 1 heterocycles. The molecule has 0 aliphatic carbocycles. The van der Waals surface area contributed by atoms with Gasteiger partial charge in [0.2, 0.25) is 5.82 Å². The molecule has 23 heavy (non-hydrogen) atoms. The van der Waals surface area contributed by atoms with Crippen LogP contribution in [0.2, 0.25) is 0 Å². The fraction of sp³-hybridized carbons (Fsp3) is 0.125. The van der Waals surface area contributed by atoms with Crippen molar-refractivity contribution in [2.75, 3.05) is 7.11 Å². The van der Waals surface area contributed by atoms with Crippen molar-refractivity contribution in [1.82, 2.24) is 9.55 Å². The second-order valence-corrected chi connectivity index (χ2v) is 4.88. The van der Waals surface area contributed by atoms with Crippen molar-refractivity contribution in [2.45, 2.75) is 6.54 Å². The van der Waals surface area contributed by atoms with Crippen LogP contribution in [-0.2, 0) is 6.54 Å². The zero-order valence-corrected chi connectivity index (χ0v) is 12.3. The molecule has 0 aliphatic heterocycles. The van der Waals surface area contributed by atoms with Gasteiger partial charge in [0.05, 0.1) is 29.6 Å². The van der Waals surface area contributed by atoms with Gasteiger partial charge < -0.3 is 9.30 Å². The van der Waals surface area contributed by atoms with Crippen molar-refractivity contribution in [3.8, 4) is 11.8 Å². The van der Waals surface area contributed by atoms with Gasteiger partial charge in [-0.15, -0.1) is 0 Å². The van der Waals surface area contributed by atoms with E-state index in [0.717, 1.165) is 5.52 Å². The summed E-state index contributed by atoms with van der Waals surface area (Å²) in [5.74, 6) is 0.775. The number of nitrogens with zero attached hydrogens (tertiary/aromatic N) is 4. The van der Waals surface area contributed by atoms with E-state index in [4.69, 9.17) is 4.74 Å². The highest BCUT2D eigenvalue weighted by Crippen LogP contribution is 2.26. The first kappa shape index (κ1) is 14.5. The van der Waals surface area contributed by atoms with Gasteiger partial charge >= 0.3 is 0 Å². The molecule has 0 fully saturated rings. The van der Waals surface area contributed by atoms with Crippen LogP contribution >= 0.6 is 0 Å². The van der Waals surface area contributed by atoms with Crippen molar-refractivity contribution >= 4 is 16.7 Å². The number of rotatable bonds is 4. The molecule has 114 valence electrons. The SMILES string of the molecule is COc1ccc([N+](=O)[O-])cc1Cn1c(C#N)nc2ccccc21. The number of non-ortho nitro benzene ring substituents is 1. The monoisotopic (exact) mass is 308 g/mol. The van der Waals surface area contributed by atoms with Crippen LogP contribution in [0.1, 0.15) is 11.4 Å². The Balaban J connectivity index is 2.14. The smallest absolute Gasteiger partial charge is 0.270 e. The lowest BCUT2D eigenvalue weighted by Gasteiger charge is -2.10. The summed E-state index contributed by atoms with van der Waals surface area (Å²) in [6.45, 7) is 0.258. The highest BCUT2D eigenvalue weighted by molar-refractivity contribution is 5.76. The third-order valence-electron chi connectivity index (χ3n) is 3.56. The highest BCUT2D eigenvalue weighted by atomic mass is 16.6. The van der Waals surface area contributed by atoms with Crippen LogP contribution in [0.15, 0.2) is 42.5 Å². The minimum Gasteiger partial charge on any atom is -0.496 e. The molecular weight excluding hydrogens is 296 g/mol. The molecule has 3 rings (SSSR count). The standard InChI is InChI=1S/C16H12N4O3/c1-23-15-7-6-12(20(21)22)8-11(15)10-19-14-5-3-2-4-13(14)18-16(19)9-17/h2-8H,10H2,1H3. The van der Waals surface area contributed by atoms with Crippen molar-refractivity contribution in [2.24, 2.45) is 0 Å². The van der Waals surface area contributed by atoms with Crippen molar-refractivity contribution in [1.29, 1.82) is 5.26 Å².